The van der Waals surface area contributed by atoms with Crippen molar-refractivity contribution < 1.29 is 4.79 Å². The normalized spacial score (nSPS) is 10.7. The van der Waals surface area contributed by atoms with Gasteiger partial charge in [-0.2, -0.15) is 0 Å². The molecule has 0 N–H and O–H groups in total. The van der Waals surface area contributed by atoms with Gasteiger partial charge in [0.15, 0.2) is 0 Å². The average molecular weight is 265 g/mol. The number of carbonyl (C=O) groups excluding carboxylic acids is 1. The number of benzene rings is 1. The second-order valence-corrected chi connectivity index (χ2v) is 6.16. The zero-order chi connectivity index (χ0) is 11.3. The molecule has 0 saturated carbocycles. The summed E-state index contributed by atoms with van der Waals surface area (Å²) in [5.74, 6) is 2.56. The Balaban J connectivity index is 2.69. The molecule has 1 aromatic carbocycles. The van der Waals surface area contributed by atoms with E-state index in [1.54, 1.807) is 0 Å². The van der Waals surface area contributed by atoms with E-state index in [-0.39, 0.29) is 25.1 Å². The quantitative estimate of drug-likeness (QED) is 0.597. The summed E-state index contributed by atoms with van der Waals surface area (Å²) in [7, 11) is 0. The Morgan fingerprint density at radius 3 is 2.53 bits per heavy atom. The van der Waals surface area contributed by atoms with E-state index in [4.69, 9.17) is 6.42 Å². The van der Waals surface area contributed by atoms with Crippen LogP contribution < -0.4 is 4.46 Å². The number of hydrogen-bond donors (Lipinski definition) is 0. The van der Waals surface area contributed by atoms with Crippen LogP contribution in [0.15, 0.2) is 30.3 Å². The van der Waals surface area contributed by atoms with E-state index in [1.165, 1.54) is 0 Å². The van der Waals surface area contributed by atoms with Gasteiger partial charge in [-0.15, -0.1) is 0 Å². The van der Waals surface area contributed by atoms with Crippen LogP contribution in [0.1, 0.15) is 20.3 Å². The van der Waals surface area contributed by atoms with Gasteiger partial charge in [0.25, 0.3) is 0 Å². The summed E-state index contributed by atoms with van der Waals surface area (Å²) in [5.41, 5.74) is -0.384. The second-order valence-electron chi connectivity index (χ2n) is 3.97. The molecule has 0 spiro atoms. The minimum atomic E-state index is -0.384. The van der Waals surface area contributed by atoms with Gasteiger partial charge in [0.05, 0.1) is 0 Å². The van der Waals surface area contributed by atoms with Crippen LogP contribution in [-0.2, 0) is 4.79 Å². The molecule has 15 heavy (non-hydrogen) atoms. The van der Waals surface area contributed by atoms with Crippen molar-refractivity contribution in [1.82, 2.24) is 0 Å². The fraction of sp³-hybridized carbons (Fsp3) is 0.308. The number of carbonyl (C=O) groups is 1. The summed E-state index contributed by atoms with van der Waals surface area (Å²) in [6.07, 6.45) is 5.76. The van der Waals surface area contributed by atoms with E-state index in [9.17, 15) is 4.79 Å². The Labute approximate surface area is 97.4 Å². The SMILES string of the molecule is C#CCC(C)(C)C(=O)[Se]c1ccccc1. The van der Waals surface area contributed by atoms with Crippen molar-refractivity contribution >= 4 is 24.1 Å². The minimum absolute atomic E-state index is 0.123. The molecule has 0 aromatic heterocycles. The van der Waals surface area contributed by atoms with Gasteiger partial charge in [-0.05, 0) is 0 Å². The van der Waals surface area contributed by atoms with Gasteiger partial charge in [0.1, 0.15) is 0 Å². The van der Waals surface area contributed by atoms with Gasteiger partial charge in [-0.1, -0.05) is 0 Å². The van der Waals surface area contributed by atoms with E-state index in [0.717, 1.165) is 4.46 Å². The fourth-order valence-corrected chi connectivity index (χ4v) is 2.86. The molecule has 0 fully saturated rings. The van der Waals surface area contributed by atoms with Gasteiger partial charge in [-0.3, -0.25) is 0 Å². The molecule has 2 heteroatoms. The van der Waals surface area contributed by atoms with Crippen molar-refractivity contribution in [2.45, 2.75) is 20.3 Å². The maximum atomic E-state index is 12.0. The Morgan fingerprint density at radius 2 is 2.00 bits per heavy atom. The molecule has 0 aliphatic heterocycles. The van der Waals surface area contributed by atoms with Crippen LogP contribution in [0.3, 0.4) is 0 Å². The number of hydrogen-bond acceptors (Lipinski definition) is 1. The molecule has 0 saturated heterocycles. The van der Waals surface area contributed by atoms with Crippen molar-refractivity contribution in [2.24, 2.45) is 5.41 Å². The van der Waals surface area contributed by atoms with E-state index >= 15 is 0 Å². The Hall–Kier alpha value is -1.03. The van der Waals surface area contributed by atoms with E-state index in [2.05, 4.69) is 5.92 Å². The number of rotatable bonds is 4. The summed E-state index contributed by atoms with van der Waals surface area (Å²) in [6, 6.07) is 9.85. The Kier molecular flexibility index (Phi) is 4.15. The topological polar surface area (TPSA) is 17.1 Å². The summed E-state index contributed by atoms with van der Waals surface area (Å²) >= 11 is -0.123. The predicted octanol–water partition coefficient (Wildman–Crippen LogP) is 1.59. The zero-order valence-electron chi connectivity index (χ0n) is 8.99. The third kappa shape index (κ3) is 3.55. The molecular formula is C13H14OSe. The molecule has 0 unspecified atom stereocenters. The third-order valence-electron chi connectivity index (χ3n) is 2.05. The predicted molar refractivity (Wildman–Crippen MR) is 64.1 cm³/mol. The molecule has 0 atom stereocenters. The monoisotopic (exact) mass is 266 g/mol. The molecule has 78 valence electrons. The van der Waals surface area contributed by atoms with Crippen molar-refractivity contribution in [3.63, 3.8) is 0 Å². The van der Waals surface area contributed by atoms with Crippen molar-refractivity contribution in [2.75, 3.05) is 0 Å². The maximum absolute atomic E-state index is 12.0. The van der Waals surface area contributed by atoms with Crippen molar-refractivity contribution in [3.05, 3.63) is 30.3 Å². The van der Waals surface area contributed by atoms with Crippen LogP contribution in [-0.4, -0.2) is 19.6 Å². The summed E-state index contributed by atoms with van der Waals surface area (Å²) in [5, 5.41) is 0. The standard InChI is InChI=1S/C13H14OSe/c1-4-10-13(2,3)12(14)15-11-8-6-5-7-9-11/h1,5-9H,10H2,2-3H3. The van der Waals surface area contributed by atoms with Gasteiger partial charge >= 0.3 is 97.3 Å². The number of terminal acetylenes is 1. The molecule has 0 amide bonds. The molecule has 0 bridgehead atoms. The summed E-state index contributed by atoms with van der Waals surface area (Å²) < 4.78 is 1.37. The zero-order valence-corrected chi connectivity index (χ0v) is 10.7. The van der Waals surface area contributed by atoms with Crippen LogP contribution in [0.5, 0.6) is 0 Å². The molecule has 1 aromatic rings. The van der Waals surface area contributed by atoms with Crippen LogP contribution in [0.2, 0.25) is 0 Å². The first-order valence-corrected chi connectivity index (χ1v) is 6.48. The Morgan fingerprint density at radius 1 is 1.40 bits per heavy atom. The molecule has 0 aliphatic carbocycles. The fourth-order valence-electron chi connectivity index (χ4n) is 1.06. The van der Waals surface area contributed by atoms with E-state index < -0.39 is 0 Å². The second kappa shape index (κ2) is 5.16. The van der Waals surface area contributed by atoms with Gasteiger partial charge in [0.2, 0.25) is 0 Å². The molecule has 0 aliphatic rings. The van der Waals surface area contributed by atoms with E-state index in [0.29, 0.717) is 6.42 Å². The van der Waals surface area contributed by atoms with Gasteiger partial charge < -0.3 is 0 Å². The van der Waals surface area contributed by atoms with Crippen LogP contribution >= 0.6 is 0 Å². The molecule has 0 radical (unpaired) electrons. The summed E-state index contributed by atoms with van der Waals surface area (Å²) in [6.45, 7) is 3.83. The molecule has 0 heterocycles. The first-order chi connectivity index (χ1) is 7.06. The summed E-state index contributed by atoms with van der Waals surface area (Å²) in [4.78, 5) is 12.0. The van der Waals surface area contributed by atoms with Gasteiger partial charge in [-0.25, -0.2) is 0 Å². The van der Waals surface area contributed by atoms with Crippen LogP contribution in [0.25, 0.3) is 0 Å². The molecule has 1 rings (SSSR count). The first-order valence-electron chi connectivity index (χ1n) is 4.77. The van der Waals surface area contributed by atoms with Crippen molar-refractivity contribution in [3.8, 4) is 12.3 Å². The third-order valence-corrected chi connectivity index (χ3v) is 4.66. The van der Waals surface area contributed by atoms with Crippen LogP contribution in [0.4, 0.5) is 0 Å². The molecular weight excluding hydrogens is 251 g/mol. The van der Waals surface area contributed by atoms with Crippen molar-refractivity contribution in [1.29, 1.82) is 0 Å². The molecule has 1 nitrogen and oxygen atoms in total. The average Bonchev–Trinajstić information content (AvgIpc) is 2.19. The van der Waals surface area contributed by atoms with E-state index in [1.807, 2.05) is 44.2 Å². The Bertz CT molecular complexity index is 373. The van der Waals surface area contributed by atoms with Gasteiger partial charge in [0, 0.05) is 0 Å². The first kappa shape index (κ1) is 12.0. The van der Waals surface area contributed by atoms with Crippen LogP contribution in [0, 0.1) is 17.8 Å².